The molecule has 0 spiro atoms. The van der Waals surface area contributed by atoms with Crippen molar-refractivity contribution in [3.63, 3.8) is 0 Å². The molecule has 0 saturated heterocycles. The number of nitrogens with one attached hydrogen (secondary N) is 1. The Morgan fingerprint density at radius 3 is 2.55 bits per heavy atom. The summed E-state index contributed by atoms with van der Waals surface area (Å²) >= 11 is 0. The highest BCUT2D eigenvalue weighted by atomic mass is 16.5. The third-order valence-corrected chi connectivity index (χ3v) is 3.57. The van der Waals surface area contributed by atoms with Gasteiger partial charge in [-0.15, -0.1) is 0 Å². The van der Waals surface area contributed by atoms with Crippen LogP contribution in [0.5, 0.6) is 11.5 Å². The lowest BCUT2D eigenvalue weighted by molar-refractivity contribution is 0.297. The Morgan fingerprint density at radius 2 is 1.85 bits per heavy atom. The Morgan fingerprint density at radius 1 is 1.15 bits per heavy atom. The number of hydrogen-bond acceptors (Lipinski definition) is 3. The van der Waals surface area contributed by atoms with Crippen LogP contribution in [0.1, 0.15) is 52.0 Å². The van der Waals surface area contributed by atoms with E-state index >= 15 is 0 Å². The molecule has 0 radical (unpaired) electrons. The molecule has 2 rings (SSSR count). The molecule has 1 aromatic carbocycles. The van der Waals surface area contributed by atoms with Crippen LogP contribution in [0, 0.1) is 0 Å². The van der Waals surface area contributed by atoms with Gasteiger partial charge in [-0.2, -0.15) is 0 Å². The van der Waals surface area contributed by atoms with Gasteiger partial charge < -0.3 is 14.8 Å². The van der Waals surface area contributed by atoms with Crippen molar-refractivity contribution in [1.82, 2.24) is 5.32 Å². The van der Waals surface area contributed by atoms with Gasteiger partial charge in [0, 0.05) is 12.0 Å². The minimum atomic E-state index is 0.185. The maximum absolute atomic E-state index is 5.76. The first-order chi connectivity index (χ1) is 9.46. The van der Waals surface area contributed by atoms with Gasteiger partial charge in [-0.1, -0.05) is 13.0 Å². The van der Waals surface area contributed by atoms with Crippen LogP contribution in [-0.4, -0.2) is 25.3 Å². The number of rotatable bonds is 4. The van der Waals surface area contributed by atoms with Crippen LogP contribution in [0.4, 0.5) is 0 Å². The fourth-order valence-electron chi connectivity index (χ4n) is 2.32. The van der Waals surface area contributed by atoms with Crippen LogP contribution in [0.3, 0.4) is 0 Å². The van der Waals surface area contributed by atoms with E-state index in [0.717, 1.165) is 44.1 Å². The molecule has 1 aromatic rings. The molecular weight excluding hydrogens is 250 g/mol. The average Bonchev–Trinajstić information content (AvgIpc) is 2.61. The molecule has 0 bridgehead atoms. The second-order valence-corrected chi connectivity index (χ2v) is 6.62. The Bertz CT molecular complexity index is 437. The van der Waals surface area contributed by atoms with Gasteiger partial charge in [-0.25, -0.2) is 0 Å². The predicted molar refractivity (Wildman–Crippen MR) is 82.8 cm³/mol. The third kappa shape index (κ3) is 4.41. The summed E-state index contributed by atoms with van der Waals surface area (Å²) in [4.78, 5) is 0. The van der Waals surface area contributed by atoms with Gasteiger partial charge in [-0.05, 0) is 57.4 Å². The van der Waals surface area contributed by atoms with Crippen molar-refractivity contribution in [2.24, 2.45) is 0 Å². The highest BCUT2D eigenvalue weighted by molar-refractivity contribution is 5.44. The number of hydrogen-bond donors (Lipinski definition) is 1. The normalized spacial score (nSPS) is 16.6. The average molecular weight is 277 g/mol. The first kappa shape index (κ1) is 15.2. The van der Waals surface area contributed by atoms with E-state index in [-0.39, 0.29) is 5.54 Å². The molecule has 3 heteroatoms. The Hall–Kier alpha value is -1.22. The number of fused-ring (bicyclic) bond motifs is 1. The standard InChI is InChI=1S/C17H27NO2/c1-13(8-9-18-17(2,3)4)14-6-7-15-16(12-14)20-11-5-10-19-15/h6-7,12-13,18H,5,8-11H2,1-4H3. The first-order valence-electron chi connectivity index (χ1n) is 7.60. The van der Waals surface area contributed by atoms with Crippen molar-refractivity contribution in [1.29, 1.82) is 0 Å². The summed E-state index contributed by atoms with van der Waals surface area (Å²) in [5, 5.41) is 3.54. The molecule has 20 heavy (non-hydrogen) atoms. The molecule has 1 atom stereocenters. The smallest absolute Gasteiger partial charge is 0.161 e. The molecule has 0 aliphatic carbocycles. The molecule has 0 saturated carbocycles. The molecule has 112 valence electrons. The summed E-state index contributed by atoms with van der Waals surface area (Å²) in [6.07, 6.45) is 2.08. The van der Waals surface area contributed by atoms with Crippen LogP contribution in [0.2, 0.25) is 0 Å². The van der Waals surface area contributed by atoms with Crippen LogP contribution >= 0.6 is 0 Å². The zero-order valence-electron chi connectivity index (χ0n) is 13.2. The second-order valence-electron chi connectivity index (χ2n) is 6.62. The molecule has 1 aliphatic rings. The maximum atomic E-state index is 5.76. The fraction of sp³-hybridized carbons (Fsp3) is 0.647. The van der Waals surface area contributed by atoms with Gasteiger partial charge in [0.05, 0.1) is 13.2 Å². The largest absolute Gasteiger partial charge is 0.490 e. The van der Waals surface area contributed by atoms with Crippen molar-refractivity contribution >= 4 is 0 Å². The Balaban J connectivity index is 1.96. The molecule has 1 N–H and O–H groups in total. The van der Waals surface area contributed by atoms with Gasteiger partial charge in [0.2, 0.25) is 0 Å². The quantitative estimate of drug-likeness (QED) is 0.909. The minimum absolute atomic E-state index is 0.185. The number of ether oxygens (including phenoxy) is 2. The van der Waals surface area contributed by atoms with Crippen molar-refractivity contribution in [3.05, 3.63) is 23.8 Å². The Kier molecular flexibility index (Phi) is 4.92. The van der Waals surface area contributed by atoms with E-state index in [1.807, 2.05) is 6.07 Å². The van der Waals surface area contributed by atoms with Crippen molar-refractivity contribution in [3.8, 4) is 11.5 Å². The molecule has 1 aliphatic heterocycles. The maximum Gasteiger partial charge on any atom is 0.161 e. The Labute approximate surface area is 122 Å². The summed E-state index contributed by atoms with van der Waals surface area (Å²) in [7, 11) is 0. The van der Waals surface area contributed by atoms with Gasteiger partial charge in [0.15, 0.2) is 11.5 Å². The van der Waals surface area contributed by atoms with Crippen LogP contribution < -0.4 is 14.8 Å². The summed E-state index contributed by atoms with van der Waals surface area (Å²) < 4.78 is 11.4. The summed E-state index contributed by atoms with van der Waals surface area (Å²) in [5.74, 6) is 2.30. The van der Waals surface area contributed by atoms with Crippen LogP contribution in [0.25, 0.3) is 0 Å². The van der Waals surface area contributed by atoms with Gasteiger partial charge in [0.1, 0.15) is 0 Å². The van der Waals surface area contributed by atoms with E-state index in [4.69, 9.17) is 9.47 Å². The third-order valence-electron chi connectivity index (χ3n) is 3.57. The van der Waals surface area contributed by atoms with Crippen molar-refractivity contribution < 1.29 is 9.47 Å². The topological polar surface area (TPSA) is 30.5 Å². The molecule has 1 heterocycles. The van der Waals surface area contributed by atoms with Crippen LogP contribution in [0.15, 0.2) is 18.2 Å². The molecular formula is C17H27NO2. The predicted octanol–water partition coefficient (Wildman–Crippen LogP) is 3.73. The van der Waals surface area contributed by atoms with Crippen molar-refractivity contribution in [2.75, 3.05) is 19.8 Å². The zero-order valence-corrected chi connectivity index (χ0v) is 13.2. The van der Waals surface area contributed by atoms with Crippen molar-refractivity contribution in [2.45, 2.75) is 52.0 Å². The zero-order chi connectivity index (χ0) is 14.6. The molecule has 0 aromatic heterocycles. The molecule has 1 unspecified atom stereocenters. The second kappa shape index (κ2) is 6.49. The lowest BCUT2D eigenvalue weighted by Gasteiger charge is -2.22. The van der Waals surface area contributed by atoms with E-state index in [2.05, 4.69) is 45.1 Å². The SMILES string of the molecule is CC(CCNC(C)(C)C)c1ccc2c(c1)OCCCO2. The van der Waals surface area contributed by atoms with E-state index in [1.165, 1.54) is 5.56 Å². The van der Waals surface area contributed by atoms with E-state index in [9.17, 15) is 0 Å². The monoisotopic (exact) mass is 277 g/mol. The van der Waals surface area contributed by atoms with Gasteiger partial charge >= 0.3 is 0 Å². The van der Waals surface area contributed by atoms with E-state index in [1.54, 1.807) is 0 Å². The van der Waals surface area contributed by atoms with E-state index in [0.29, 0.717) is 5.92 Å². The van der Waals surface area contributed by atoms with Gasteiger partial charge in [-0.3, -0.25) is 0 Å². The van der Waals surface area contributed by atoms with Gasteiger partial charge in [0.25, 0.3) is 0 Å². The molecule has 0 amide bonds. The summed E-state index contributed by atoms with van der Waals surface area (Å²) in [6, 6.07) is 6.35. The molecule has 3 nitrogen and oxygen atoms in total. The molecule has 0 fully saturated rings. The number of benzene rings is 1. The first-order valence-corrected chi connectivity index (χ1v) is 7.60. The lowest BCUT2D eigenvalue weighted by Crippen LogP contribution is -2.36. The lowest BCUT2D eigenvalue weighted by atomic mass is 9.96. The van der Waals surface area contributed by atoms with E-state index < -0.39 is 0 Å². The van der Waals surface area contributed by atoms with Crippen LogP contribution in [-0.2, 0) is 0 Å². The summed E-state index contributed by atoms with van der Waals surface area (Å²) in [6.45, 7) is 11.4. The highest BCUT2D eigenvalue weighted by Gasteiger charge is 2.14. The fourth-order valence-corrected chi connectivity index (χ4v) is 2.32. The highest BCUT2D eigenvalue weighted by Crippen LogP contribution is 2.33. The minimum Gasteiger partial charge on any atom is -0.490 e. The summed E-state index contributed by atoms with van der Waals surface area (Å²) in [5.41, 5.74) is 1.51.